The Kier molecular flexibility index (Phi) is 2.59. The number of nitrogens with one attached hydrogen (secondary N) is 1. The zero-order valence-corrected chi connectivity index (χ0v) is 12.6. The first-order valence-electron chi connectivity index (χ1n) is 7.79. The molecule has 0 unspecified atom stereocenters. The van der Waals surface area contributed by atoms with Gasteiger partial charge in [0.2, 0.25) is 5.95 Å². The lowest BCUT2D eigenvalue weighted by Crippen LogP contribution is -2.66. The van der Waals surface area contributed by atoms with Gasteiger partial charge in [-0.15, -0.1) is 0 Å². The third-order valence-corrected chi connectivity index (χ3v) is 4.82. The average Bonchev–Trinajstić information content (AvgIpc) is 2.87. The third-order valence-electron chi connectivity index (χ3n) is 4.82. The second kappa shape index (κ2) is 4.55. The Labute approximate surface area is 132 Å². The fourth-order valence-electron chi connectivity index (χ4n) is 3.45. The van der Waals surface area contributed by atoms with E-state index in [1.54, 1.807) is 12.1 Å². The molecule has 5 heteroatoms. The quantitative estimate of drug-likeness (QED) is 0.790. The summed E-state index contributed by atoms with van der Waals surface area (Å²) in [6.07, 6.45) is 0. The van der Waals surface area contributed by atoms with E-state index in [2.05, 4.69) is 20.9 Å². The van der Waals surface area contributed by atoms with Crippen molar-refractivity contribution >= 4 is 17.0 Å². The highest BCUT2D eigenvalue weighted by atomic mass is 19.1. The van der Waals surface area contributed by atoms with Gasteiger partial charge in [-0.1, -0.05) is 18.2 Å². The first-order chi connectivity index (χ1) is 11.2. The zero-order chi connectivity index (χ0) is 15.4. The monoisotopic (exact) mass is 309 g/mol. The number of nitrogens with zero attached hydrogens (tertiary/aromatic N) is 2. The van der Waals surface area contributed by atoms with E-state index in [0.717, 1.165) is 54.4 Å². The normalized spacial score (nSPS) is 18.9. The Morgan fingerprint density at radius 3 is 2.48 bits per heavy atom. The van der Waals surface area contributed by atoms with E-state index in [1.807, 2.05) is 12.1 Å². The minimum atomic E-state index is -0.217. The summed E-state index contributed by atoms with van der Waals surface area (Å²) in [6, 6.07) is 12.7. The summed E-state index contributed by atoms with van der Waals surface area (Å²) in [7, 11) is 0. The lowest BCUT2D eigenvalue weighted by atomic mass is 9.78. The molecule has 0 saturated carbocycles. The van der Waals surface area contributed by atoms with Crippen molar-refractivity contribution in [1.29, 1.82) is 0 Å². The number of rotatable bonds is 2. The highest BCUT2D eigenvalue weighted by molar-refractivity contribution is 5.83. The number of anilines is 1. The predicted molar refractivity (Wildman–Crippen MR) is 87.0 cm³/mol. The smallest absolute Gasteiger partial charge is 0.203 e. The molecule has 1 spiro atoms. The van der Waals surface area contributed by atoms with Crippen molar-refractivity contribution in [3.05, 3.63) is 48.3 Å². The Morgan fingerprint density at radius 1 is 1.04 bits per heavy atom. The lowest BCUT2D eigenvalue weighted by Gasteiger charge is -2.54. The SMILES string of the molecule is Fc1ccc(-c2ccc3nc(N4CC5(COC5)C4)[nH]c3c2)cc1. The van der Waals surface area contributed by atoms with E-state index in [1.165, 1.54) is 12.1 Å². The molecule has 2 saturated heterocycles. The molecule has 2 aliphatic rings. The van der Waals surface area contributed by atoms with Crippen molar-refractivity contribution in [3.8, 4) is 11.1 Å². The summed E-state index contributed by atoms with van der Waals surface area (Å²) in [4.78, 5) is 10.3. The van der Waals surface area contributed by atoms with Crippen molar-refractivity contribution < 1.29 is 9.13 Å². The third kappa shape index (κ3) is 2.04. The summed E-state index contributed by atoms with van der Waals surface area (Å²) < 4.78 is 18.4. The molecule has 0 bridgehead atoms. The summed E-state index contributed by atoms with van der Waals surface area (Å²) >= 11 is 0. The number of H-pyrrole nitrogens is 1. The number of aromatic amines is 1. The number of benzene rings is 2. The van der Waals surface area contributed by atoms with Crippen molar-refractivity contribution in [2.24, 2.45) is 5.41 Å². The van der Waals surface area contributed by atoms with Gasteiger partial charge in [0.1, 0.15) is 5.82 Å². The fraction of sp³-hybridized carbons (Fsp3) is 0.278. The minimum absolute atomic E-state index is 0.217. The molecule has 2 aliphatic heterocycles. The van der Waals surface area contributed by atoms with Crippen LogP contribution >= 0.6 is 0 Å². The Bertz CT molecular complexity index is 875. The van der Waals surface area contributed by atoms with Crippen LogP contribution in [0.25, 0.3) is 22.2 Å². The average molecular weight is 309 g/mol. The topological polar surface area (TPSA) is 41.2 Å². The minimum Gasteiger partial charge on any atom is -0.380 e. The molecule has 2 fully saturated rings. The van der Waals surface area contributed by atoms with Gasteiger partial charge in [-0.3, -0.25) is 0 Å². The lowest BCUT2D eigenvalue weighted by molar-refractivity contribution is -0.127. The van der Waals surface area contributed by atoms with Gasteiger partial charge in [-0.05, 0) is 35.4 Å². The molecule has 0 aliphatic carbocycles. The van der Waals surface area contributed by atoms with E-state index in [4.69, 9.17) is 4.74 Å². The van der Waals surface area contributed by atoms with Gasteiger partial charge in [0.05, 0.1) is 29.7 Å². The van der Waals surface area contributed by atoms with Crippen LogP contribution in [0.1, 0.15) is 0 Å². The highest BCUT2D eigenvalue weighted by Gasteiger charge is 2.49. The zero-order valence-electron chi connectivity index (χ0n) is 12.6. The van der Waals surface area contributed by atoms with Gasteiger partial charge >= 0.3 is 0 Å². The summed E-state index contributed by atoms with van der Waals surface area (Å²) in [5.74, 6) is 0.708. The molecule has 23 heavy (non-hydrogen) atoms. The van der Waals surface area contributed by atoms with E-state index < -0.39 is 0 Å². The molecule has 1 aromatic heterocycles. The number of halogens is 1. The van der Waals surface area contributed by atoms with E-state index in [-0.39, 0.29) is 5.82 Å². The molecular formula is C18H16FN3O. The Hall–Kier alpha value is -2.40. The van der Waals surface area contributed by atoms with Gasteiger partial charge in [0.25, 0.3) is 0 Å². The molecule has 0 amide bonds. The van der Waals surface area contributed by atoms with Crippen molar-refractivity contribution in [2.45, 2.75) is 0 Å². The van der Waals surface area contributed by atoms with Crippen LogP contribution in [0.15, 0.2) is 42.5 Å². The van der Waals surface area contributed by atoms with Crippen LogP contribution in [0.5, 0.6) is 0 Å². The first kappa shape index (κ1) is 13.1. The molecule has 4 nitrogen and oxygen atoms in total. The number of ether oxygens (including phenoxy) is 1. The second-order valence-electron chi connectivity index (χ2n) is 6.65. The van der Waals surface area contributed by atoms with Crippen LogP contribution in [0, 0.1) is 11.2 Å². The summed E-state index contributed by atoms with van der Waals surface area (Å²) in [5.41, 5.74) is 4.39. The maximum absolute atomic E-state index is 13.1. The van der Waals surface area contributed by atoms with Crippen LogP contribution in [0.2, 0.25) is 0 Å². The molecule has 0 atom stereocenters. The highest BCUT2D eigenvalue weighted by Crippen LogP contribution is 2.39. The molecule has 3 aromatic rings. The van der Waals surface area contributed by atoms with Crippen LogP contribution in [-0.2, 0) is 4.74 Å². The number of hydrogen-bond donors (Lipinski definition) is 1. The van der Waals surface area contributed by atoms with Crippen LogP contribution < -0.4 is 4.90 Å². The van der Waals surface area contributed by atoms with Gasteiger partial charge in [0.15, 0.2) is 0 Å². The second-order valence-corrected chi connectivity index (χ2v) is 6.65. The Morgan fingerprint density at radius 2 is 1.78 bits per heavy atom. The van der Waals surface area contributed by atoms with Crippen LogP contribution in [0.3, 0.4) is 0 Å². The molecule has 2 aromatic carbocycles. The van der Waals surface area contributed by atoms with Crippen LogP contribution in [-0.4, -0.2) is 36.3 Å². The van der Waals surface area contributed by atoms with Gasteiger partial charge in [-0.25, -0.2) is 9.37 Å². The largest absolute Gasteiger partial charge is 0.380 e. The van der Waals surface area contributed by atoms with Crippen molar-refractivity contribution in [3.63, 3.8) is 0 Å². The molecular weight excluding hydrogens is 293 g/mol. The molecule has 1 N–H and O–H groups in total. The predicted octanol–water partition coefficient (Wildman–Crippen LogP) is 3.21. The first-order valence-corrected chi connectivity index (χ1v) is 7.79. The van der Waals surface area contributed by atoms with Gasteiger partial charge in [0, 0.05) is 13.1 Å². The summed E-state index contributed by atoms with van der Waals surface area (Å²) in [6.45, 7) is 3.77. The van der Waals surface area contributed by atoms with Gasteiger partial charge < -0.3 is 14.6 Å². The number of fused-ring (bicyclic) bond motifs is 1. The molecule has 3 heterocycles. The standard InChI is InChI=1S/C18H16FN3O/c19-14-4-1-12(2-5-14)13-3-6-15-16(7-13)21-17(20-15)22-8-18(9-22)10-23-11-18/h1-7H,8-11H2,(H,20,21). The van der Waals surface area contributed by atoms with Crippen molar-refractivity contribution in [1.82, 2.24) is 9.97 Å². The number of aromatic nitrogens is 2. The Balaban J connectivity index is 1.45. The van der Waals surface area contributed by atoms with E-state index in [9.17, 15) is 4.39 Å². The van der Waals surface area contributed by atoms with E-state index in [0.29, 0.717) is 5.41 Å². The van der Waals surface area contributed by atoms with E-state index >= 15 is 0 Å². The van der Waals surface area contributed by atoms with Crippen LogP contribution in [0.4, 0.5) is 10.3 Å². The number of hydrogen-bond acceptors (Lipinski definition) is 3. The molecule has 5 rings (SSSR count). The van der Waals surface area contributed by atoms with Crippen molar-refractivity contribution in [2.75, 3.05) is 31.2 Å². The maximum Gasteiger partial charge on any atom is 0.203 e. The number of imidazole rings is 1. The maximum atomic E-state index is 13.1. The summed E-state index contributed by atoms with van der Waals surface area (Å²) in [5, 5.41) is 0. The molecule has 0 radical (unpaired) electrons. The van der Waals surface area contributed by atoms with Gasteiger partial charge in [-0.2, -0.15) is 0 Å². The fourth-order valence-corrected chi connectivity index (χ4v) is 3.45. The molecule has 116 valence electrons.